The Bertz CT molecular complexity index is 1530. The Labute approximate surface area is 186 Å². The van der Waals surface area contributed by atoms with E-state index in [2.05, 4.69) is 117 Å². The molecule has 2 heterocycles. The van der Waals surface area contributed by atoms with Gasteiger partial charge >= 0.3 is 0 Å². The van der Waals surface area contributed by atoms with Gasteiger partial charge in [-0.05, 0) is 52.3 Å². The van der Waals surface area contributed by atoms with Gasteiger partial charge in [-0.15, -0.1) is 11.3 Å². The first-order valence-corrected chi connectivity index (χ1v) is 11.4. The molecule has 0 aliphatic rings. The zero-order valence-electron chi connectivity index (χ0n) is 16.0. The van der Waals surface area contributed by atoms with Crippen molar-refractivity contribution in [1.82, 2.24) is 4.57 Å². The fraction of sp³-hybridized carbons (Fsp3) is 0. The molecule has 0 bridgehead atoms. The molecule has 0 aliphatic heterocycles. The minimum absolute atomic E-state index is 1.06. The number of anilines is 2. The van der Waals surface area contributed by atoms with Crippen molar-refractivity contribution in [2.75, 3.05) is 5.32 Å². The first-order chi connectivity index (χ1) is 14.8. The summed E-state index contributed by atoms with van der Waals surface area (Å²) < 4.78 is 6.05. The summed E-state index contributed by atoms with van der Waals surface area (Å²) in [5.41, 5.74) is 5.91. The highest BCUT2D eigenvalue weighted by Crippen LogP contribution is 2.45. The van der Waals surface area contributed by atoms with Gasteiger partial charge in [0.2, 0.25) is 0 Å². The molecule has 2 aromatic heterocycles. The normalized spacial score (nSPS) is 11.5. The summed E-state index contributed by atoms with van der Waals surface area (Å²) in [6, 6.07) is 34.1. The van der Waals surface area contributed by atoms with Crippen molar-refractivity contribution in [2.24, 2.45) is 0 Å². The van der Waals surface area contributed by atoms with Crippen LogP contribution in [0.1, 0.15) is 0 Å². The fourth-order valence-electron chi connectivity index (χ4n) is 4.14. The standard InChI is InChI=1S/C26H17BrN2S/c27-20-13-5-6-14-21(20)28-22-15-8-12-19-24-26(30-25(19)22)18-11-4-7-16-23(18)29(24)17-9-2-1-3-10-17/h1-16,28H. The summed E-state index contributed by atoms with van der Waals surface area (Å²) >= 11 is 5.52. The number of fused-ring (bicyclic) bond motifs is 5. The van der Waals surface area contributed by atoms with Gasteiger partial charge in [0.05, 0.1) is 31.8 Å². The number of benzene rings is 4. The van der Waals surface area contributed by atoms with Crippen molar-refractivity contribution in [1.29, 1.82) is 0 Å². The lowest BCUT2D eigenvalue weighted by atomic mass is 10.2. The molecule has 144 valence electrons. The number of rotatable bonds is 3. The van der Waals surface area contributed by atoms with Crippen molar-refractivity contribution >= 4 is 69.8 Å². The Kier molecular flexibility index (Phi) is 4.15. The van der Waals surface area contributed by atoms with Gasteiger partial charge in [0, 0.05) is 20.9 Å². The minimum Gasteiger partial charge on any atom is -0.353 e. The van der Waals surface area contributed by atoms with Crippen LogP contribution in [0.3, 0.4) is 0 Å². The van der Waals surface area contributed by atoms with E-state index in [-0.39, 0.29) is 0 Å². The number of hydrogen-bond donors (Lipinski definition) is 1. The number of nitrogens with one attached hydrogen (secondary N) is 1. The first-order valence-electron chi connectivity index (χ1n) is 9.83. The lowest BCUT2D eigenvalue weighted by Crippen LogP contribution is -1.94. The molecular formula is C26H17BrN2S. The molecule has 0 radical (unpaired) electrons. The number of para-hydroxylation sites is 3. The SMILES string of the molecule is Brc1ccccc1Nc1cccc2c1sc1c3ccccc3n(-c3ccccc3)c21. The Morgan fingerprint density at radius 1 is 0.633 bits per heavy atom. The second-order valence-corrected chi connectivity index (χ2v) is 9.13. The molecule has 1 N–H and O–H groups in total. The van der Waals surface area contributed by atoms with E-state index < -0.39 is 0 Å². The summed E-state index contributed by atoms with van der Waals surface area (Å²) in [5, 5.41) is 6.19. The van der Waals surface area contributed by atoms with Gasteiger partial charge in [0.15, 0.2) is 0 Å². The number of aromatic nitrogens is 1. The Morgan fingerprint density at radius 3 is 2.20 bits per heavy atom. The van der Waals surface area contributed by atoms with Crippen LogP contribution in [0.2, 0.25) is 0 Å². The molecule has 30 heavy (non-hydrogen) atoms. The van der Waals surface area contributed by atoms with Crippen molar-refractivity contribution in [2.45, 2.75) is 0 Å². The van der Waals surface area contributed by atoms with Crippen LogP contribution in [0.4, 0.5) is 11.4 Å². The molecule has 0 spiro atoms. The van der Waals surface area contributed by atoms with Crippen LogP contribution in [-0.2, 0) is 0 Å². The van der Waals surface area contributed by atoms with Gasteiger partial charge in [0.25, 0.3) is 0 Å². The van der Waals surface area contributed by atoms with E-state index in [0.717, 1.165) is 15.8 Å². The van der Waals surface area contributed by atoms with Crippen LogP contribution in [0.25, 0.3) is 36.9 Å². The quantitative estimate of drug-likeness (QED) is 0.275. The second-order valence-electron chi connectivity index (χ2n) is 7.26. The van der Waals surface area contributed by atoms with Gasteiger partial charge in [-0.25, -0.2) is 0 Å². The van der Waals surface area contributed by atoms with Gasteiger partial charge in [-0.1, -0.05) is 60.7 Å². The zero-order chi connectivity index (χ0) is 20.1. The van der Waals surface area contributed by atoms with E-state index in [1.807, 2.05) is 17.4 Å². The molecule has 0 saturated heterocycles. The van der Waals surface area contributed by atoms with E-state index in [0.29, 0.717) is 0 Å². The average molecular weight is 469 g/mol. The maximum absolute atomic E-state index is 3.66. The summed E-state index contributed by atoms with van der Waals surface area (Å²) in [6.07, 6.45) is 0. The minimum atomic E-state index is 1.06. The molecule has 0 unspecified atom stereocenters. The fourth-order valence-corrected chi connectivity index (χ4v) is 5.82. The summed E-state index contributed by atoms with van der Waals surface area (Å²) in [5.74, 6) is 0. The maximum atomic E-state index is 3.66. The van der Waals surface area contributed by atoms with Crippen molar-refractivity contribution in [3.63, 3.8) is 0 Å². The molecule has 0 saturated carbocycles. The smallest absolute Gasteiger partial charge is 0.0728 e. The van der Waals surface area contributed by atoms with E-state index >= 15 is 0 Å². The number of thiophene rings is 1. The van der Waals surface area contributed by atoms with Gasteiger partial charge in [0.1, 0.15) is 0 Å². The van der Waals surface area contributed by atoms with Crippen LogP contribution in [0, 0.1) is 0 Å². The monoisotopic (exact) mass is 468 g/mol. The molecule has 6 aromatic rings. The third kappa shape index (κ3) is 2.68. The van der Waals surface area contributed by atoms with E-state index in [4.69, 9.17) is 0 Å². The highest BCUT2D eigenvalue weighted by atomic mass is 79.9. The Morgan fingerprint density at radius 2 is 1.33 bits per heavy atom. The molecule has 0 fully saturated rings. The first kappa shape index (κ1) is 17.8. The number of hydrogen-bond acceptors (Lipinski definition) is 2. The predicted octanol–water partition coefficient (Wildman–Crippen LogP) is 8.50. The maximum Gasteiger partial charge on any atom is 0.0728 e. The second kappa shape index (κ2) is 7.01. The van der Waals surface area contributed by atoms with E-state index in [9.17, 15) is 0 Å². The van der Waals surface area contributed by atoms with Crippen LogP contribution in [-0.4, -0.2) is 4.57 Å². The van der Waals surface area contributed by atoms with Gasteiger partial charge in [-0.2, -0.15) is 0 Å². The van der Waals surface area contributed by atoms with Gasteiger partial charge in [-0.3, -0.25) is 0 Å². The molecule has 0 atom stereocenters. The number of halogens is 1. The summed E-state index contributed by atoms with van der Waals surface area (Å²) in [6.45, 7) is 0. The largest absolute Gasteiger partial charge is 0.353 e. The molecule has 4 aromatic carbocycles. The van der Waals surface area contributed by atoms with Crippen LogP contribution < -0.4 is 5.32 Å². The molecule has 2 nitrogen and oxygen atoms in total. The third-order valence-corrected chi connectivity index (χ3v) is 7.41. The molecule has 6 rings (SSSR count). The zero-order valence-corrected chi connectivity index (χ0v) is 18.4. The van der Waals surface area contributed by atoms with E-state index in [1.54, 1.807) is 0 Å². The lowest BCUT2D eigenvalue weighted by molar-refractivity contribution is 1.19. The topological polar surface area (TPSA) is 17.0 Å². The molecule has 0 amide bonds. The molecule has 0 aliphatic carbocycles. The van der Waals surface area contributed by atoms with Crippen LogP contribution in [0.15, 0.2) is 102 Å². The third-order valence-electron chi connectivity index (χ3n) is 5.46. The van der Waals surface area contributed by atoms with Crippen molar-refractivity contribution < 1.29 is 0 Å². The van der Waals surface area contributed by atoms with Crippen LogP contribution >= 0.6 is 27.3 Å². The van der Waals surface area contributed by atoms with Crippen molar-refractivity contribution in [3.8, 4) is 5.69 Å². The average Bonchev–Trinajstić information content (AvgIpc) is 3.32. The van der Waals surface area contributed by atoms with E-state index in [1.165, 1.54) is 36.9 Å². The molecular weight excluding hydrogens is 452 g/mol. The van der Waals surface area contributed by atoms with Crippen molar-refractivity contribution in [3.05, 3.63) is 102 Å². The van der Waals surface area contributed by atoms with Crippen LogP contribution in [0.5, 0.6) is 0 Å². The Balaban J connectivity index is 1.68. The predicted molar refractivity (Wildman–Crippen MR) is 134 cm³/mol. The van der Waals surface area contributed by atoms with Gasteiger partial charge < -0.3 is 9.88 Å². The lowest BCUT2D eigenvalue weighted by Gasteiger charge is -2.10. The number of nitrogens with zero attached hydrogens (tertiary/aromatic N) is 1. The Hall–Kier alpha value is -3.08. The highest BCUT2D eigenvalue weighted by molar-refractivity contribution is 9.10. The summed E-state index contributed by atoms with van der Waals surface area (Å²) in [7, 11) is 0. The highest BCUT2D eigenvalue weighted by Gasteiger charge is 2.19. The summed E-state index contributed by atoms with van der Waals surface area (Å²) in [4.78, 5) is 0. The molecule has 4 heteroatoms.